The Labute approximate surface area is 150 Å². The van der Waals surface area contributed by atoms with Gasteiger partial charge >= 0.3 is 0 Å². The largest absolute Gasteiger partial charge is 0.379 e. The highest BCUT2D eigenvalue weighted by molar-refractivity contribution is 7.89. The van der Waals surface area contributed by atoms with Gasteiger partial charge in [-0.3, -0.25) is 4.79 Å². The number of carbonyl (C=O) groups is 1. The molecule has 0 aliphatic carbocycles. The molecule has 1 aromatic rings. The lowest BCUT2D eigenvalue weighted by Gasteiger charge is -2.26. The van der Waals surface area contributed by atoms with Crippen molar-refractivity contribution in [3.63, 3.8) is 0 Å². The van der Waals surface area contributed by atoms with Crippen molar-refractivity contribution < 1.29 is 17.9 Å². The van der Waals surface area contributed by atoms with Crippen molar-refractivity contribution in [2.75, 3.05) is 26.2 Å². The van der Waals surface area contributed by atoms with Gasteiger partial charge in [0.15, 0.2) is 0 Å². The second-order valence-corrected chi connectivity index (χ2v) is 8.40. The van der Waals surface area contributed by atoms with E-state index in [4.69, 9.17) is 4.74 Å². The molecule has 6 nitrogen and oxygen atoms in total. The van der Waals surface area contributed by atoms with Crippen LogP contribution in [0.1, 0.15) is 49.9 Å². The molecular weight excluding hydrogens is 340 g/mol. The Balaban J connectivity index is 2.05. The van der Waals surface area contributed by atoms with Crippen molar-refractivity contribution in [3.8, 4) is 0 Å². The molecule has 0 spiro atoms. The molecule has 0 saturated carbocycles. The molecule has 1 aliphatic rings. The zero-order chi connectivity index (χ0) is 18.3. The van der Waals surface area contributed by atoms with E-state index in [1.807, 2.05) is 13.8 Å². The van der Waals surface area contributed by atoms with Gasteiger partial charge in [-0.2, -0.15) is 4.31 Å². The molecule has 1 fully saturated rings. The van der Waals surface area contributed by atoms with Crippen LogP contribution in [-0.2, 0) is 14.8 Å². The van der Waals surface area contributed by atoms with E-state index in [9.17, 15) is 13.2 Å². The van der Waals surface area contributed by atoms with Gasteiger partial charge in [0.2, 0.25) is 10.0 Å². The molecule has 2 rings (SSSR count). The zero-order valence-electron chi connectivity index (χ0n) is 15.0. The Morgan fingerprint density at radius 1 is 1.20 bits per heavy atom. The van der Waals surface area contributed by atoms with Gasteiger partial charge in [-0.15, -0.1) is 0 Å². The van der Waals surface area contributed by atoms with Crippen molar-refractivity contribution in [2.45, 2.75) is 50.5 Å². The third-order valence-corrected chi connectivity index (χ3v) is 6.08. The molecular formula is C18H28N2O4S. The first kappa shape index (κ1) is 19.9. The van der Waals surface area contributed by atoms with E-state index in [-0.39, 0.29) is 22.5 Å². The van der Waals surface area contributed by atoms with Gasteiger partial charge in [-0.05, 0) is 45.2 Å². The van der Waals surface area contributed by atoms with E-state index in [0.29, 0.717) is 32.7 Å². The van der Waals surface area contributed by atoms with E-state index >= 15 is 0 Å². The van der Waals surface area contributed by atoms with Crippen molar-refractivity contribution in [2.24, 2.45) is 0 Å². The monoisotopic (exact) mass is 368 g/mol. The number of nitrogens with zero attached hydrogens (tertiary/aromatic N) is 1. The van der Waals surface area contributed by atoms with Gasteiger partial charge in [0.1, 0.15) is 0 Å². The lowest BCUT2D eigenvalue weighted by atomic mass is 10.2. The average molecular weight is 368 g/mol. The van der Waals surface area contributed by atoms with Crippen LogP contribution in [0.3, 0.4) is 0 Å². The first-order chi connectivity index (χ1) is 11.9. The zero-order valence-corrected chi connectivity index (χ0v) is 15.8. The Morgan fingerprint density at radius 3 is 2.56 bits per heavy atom. The van der Waals surface area contributed by atoms with Crippen LogP contribution < -0.4 is 5.32 Å². The molecule has 1 N–H and O–H groups in total. The number of carbonyl (C=O) groups excluding carboxylic acids is 1. The van der Waals surface area contributed by atoms with Crippen molar-refractivity contribution >= 4 is 15.9 Å². The van der Waals surface area contributed by atoms with Crippen LogP contribution in [0.5, 0.6) is 0 Å². The van der Waals surface area contributed by atoms with E-state index in [1.165, 1.54) is 10.4 Å². The average Bonchev–Trinajstić information content (AvgIpc) is 2.61. The SMILES string of the molecule is CC(C)OCCCNC(=O)c1ccccc1S(=O)(=O)N1CCCCC1. The van der Waals surface area contributed by atoms with E-state index in [2.05, 4.69) is 5.32 Å². The molecule has 1 aliphatic heterocycles. The summed E-state index contributed by atoms with van der Waals surface area (Å²) in [5, 5.41) is 2.79. The first-order valence-electron chi connectivity index (χ1n) is 8.92. The van der Waals surface area contributed by atoms with Crippen LogP contribution in [0.2, 0.25) is 0 Å². The lowest BCUT2D eigenvalue weighted by molar-refractivity contribution is 0.0756. The molecule has 0 bridgehead atoms. The Kier molecular flexibility index (Phi) is 7.40. The fourth-order valence-corrected chi connectivity index (χ4v) is 4.52. The van der Waals surface area contributed by atoms with Crippen molar-refractivity contribution in [1.82, 2.24) is 9.62 Å². The summed E-state index contributed by atoms with van der Waals surface area (Å²) in [6.07, 6.45) is 3.62. The predicted octanol–water partition coefficient (Wildman–Crippen LogP) is 2.41. The number of benzene rings is 1. The predicted molar refractivity (Wildman–Crippen MR) is 97.1 cm³/mol. The maximum absolute atomic E-state index is 12.9. The summed E-state index contributed by atoms with van der Waals surface area (Å²) in [4.78, 5) is 12.5. The fraction of sp³-hybridized carbons (Fsp3) is 0.611. The first-order valence-corrected chi connectivity index (χ1v) is 10.4. The minimum Gasteiger partial charge on any atom is -0.379 e. The molecule has 1 saturated heterocycles. The van der Waals surface area contributed by atoms with Gasteiger partial charge in [-0.1, -0.05) is 18.6 Å². The number of piperidine rings is 1. The molecule has 0 aromatic heterocycles. The molecule has 0 atom stereocenters. The fourth-order valence-electron chi connectivity index (χ4n) is 2.81. The highest BCUT2D eigenvalue weighted by atomic mass is 32.2. The topological polar surface area (TPSA) is 75.7 Å². The molecule has 25 heavy (non-hydrogen) atoms. The van der Waals surface area contributed by atoms with E-state index in [1.54, 1.807) is 18.2 Å². The standard InChI is InChI=1S/C18H28N2O4S/c1-15(2)24-14-8-11-19-18(21)16-9-4-5-10-17(16)25(22,23)20-12-6-3-7-13-20/h4-5,9-10,15H,3,6-8,11-14H2,1-2H3,(H,19,21). The Hall–Kier alpha value is -1.44. The second-order valence-electron chi connectivity index (χ2n) is 6.49. The Bertz CT molecular complexity index is 667. The molecule has 140 valence electrons. The van der Waals surface area contributed by atoms with Crippen molar-refractivity contribution in [1.29, 1.82) is 0 Å². The number of rotatable bonds is 8. The number of amides is 1. The third kappa shape index (κ3) is 5.52. The summed E-state index contributed by atoms with van der Waals surface area (Å²) in [7, 11) is -3.64. The quantitative estimate of drug-likeness (QED) is 0.715. The summed E-state index contributed by atoms with van der Waals surface area (Å²) >= 11 is 0. The number of hydrogen-bond acceptors (Lipinski definition) is 4. The summed E-state index contributed by atoms with van der Waals surface area (Å²) in [6, 6.07) is 6.42. The van der Waals surface area contributed by atoms with Crippen LogP contribution in [-0.4, -0.2) is 51.0 Å². The molecule has 1 heterocycles. The number of sulfonamides is 1. The van der Waals surface area contributed by atoms with Crippen LogP contribution in [0.4, 0.5) is 0 Å². The Morgan fingerprint density at radius 2 is 1.88 bits per heavy atom. The summed E-state index contributed by atoms with van der Waals surface area (Å²) in [5.41, 5.74) is 0.206. The maximum atomic E-state index is 12.9. The smallest absolute Gasteiger partial charge is 0.252 e. The highest BCUT2D eigenvalue weighted by Gasteiger charge is 2.29. The van der Waals surface area contributed by atoms with E-state index in [0.717, 1.165) is 19.3 Å². The van der Waals surface area contributed by atoms with Crippen molar-refractivity contribution in [3.05, 3.63) is 29.8 Å². The minimum atomic E-state index is -3.64. The second kappa shape index (κ2) is 9.31. The normalized spacial score (nSPS) is 16.1. The van der Waals surface area contributed by atoms with Gasteiger partial charge in [0, 0.05) is 26.2 Å². The summed E-state index contributed by atoms with van der Waals surface area (Å²) in [6.45, 7) is 5.96. The molecule has 1 amide bonds. The third-order valence-electron chi connectivity index (χ3n) is 4.12. The van der Waals surface area contributed by atoms with Gasteiger partial charge in [0.25, 0.3) is 5.91 Å². The van der Waals surface area contributed by atoms with Crippen LogP contribution >= 0.6 is 0 Å². The molecule has 0 radical (unpaired) electrons. The van der Waals surface area contributed by atoms with Crippen LogP contribution in [0.15, 0.2) is 29.2 Å². The van der Waals surface area contributed by atoms with Crippen LogP contribution in [0, 0.1) is 0 Å². The van der Waals surface area contributed by atoms with Crippen LogP contribution in [0.25, 0.3) is 0 Å². The summed E-state index contributed by atoms with van der Waals surface area (Å²) in [5.74, 6) is -0.360. The maximum Gasteiger partial charge on any atom is 0.252 e. The molecule has 0 unspecified atom stereocenters. The minimum absolute atomic E-state index is 0.0906. The molecule has 7 heteroatoms. The molecule has 1 aromatic carbocycles. The van der Waals surface area contributed by atoms with Gasteiger partial charge in [0.05, 0.1) is 16.6 Å². The van der Waals surface area contributed by atoms with Gasteiger partial charge in [-0.25, -0.2) is 8.42 Å². The highest BCUT2D eigenvalue weighted by Crippen LogP contribution is 2.23. The number of hydrogen-bond donors (Lipinski definition) is 1. The number of nitrogens with one attached hydrogen (secondary N) is 1. The number of ether oxygens (including phenoxy) is 1. The lowest BCUT2D eigenvalue weighted by Crippen LogP contribution is -2.37. The summed E-state index contributed by atoms with van der Waals surface area (Å²) < 4.78 is 32.7. The van der Waals surface area contributed by atoms with Gasteiger partial charge < -0.3 is 10.1 Å². The van der Waals surface area contributed by atoms with E-state index < -0.39 is 10.0 Å².